The molecule has 1 aromatic rings. The molecule has 3 nitrogen and oxygen atoms in total. The van der Waals surface area contributed by atoms with E-state index in [0.29, 0.717) is 13.0 Å². The number of carboxylic acid groups (broad SMARTS) is 1. The molecule has 0 aromatic carbocycles. The molecule has 0 saturated heterocycles. The van der Waals surface area contributed by atoms with Gasteiger partial charge in [-0.05, 0) is 23.3 Å². The number of aliphatic carboxylic acids is 1. The van der Waals surface area contributed by atoms with E-state index in [1.54, 1.807) is 11.3 Å². The van der Waals surface area contributed by atoms with Gasteiger partial charge in [-0.15, -0.1) is 11.3 Å². The SMILES string of the molecule is CC(C)(C)c1cc(OCCCC(=O)O)c(C(C)(C)C)s1. The first-order valence-electron chi connectivity index (χ1n) is 7.01. The summed E-state index contributed by atoms with van der Waals surface area (Å²) in [5.74, 6) is 0.142. The maximum Gasteiger partial charge on any atom is 0.303 e. The molecule has 0 aliphatic carbocycles. The van der Waals surface area contributed by atoms with Gasteiger partial charge in [0.15, 0.2) is 0 Å². The molecule has 0 saturated carbocycles. The largest absolute Gasteiger partial charge is 0.492 e. The molecule has 0 aliphatic heterocycles. The number of ether oxygens (including phenoxy) is 1. The first kappa shape index (κ1) is 17.0. The quantitative estimate of drug-likeness (QED) is 0.809. The monoisotopic (exact) mass is 298 g/mol. The van der Waals surface area contributed by atoms with Crippen LogP contribution >= 0.6 is 11.3 Å². The zero-order valence-electron chi connectivity index (χ0n) is 13.4. The molecule has 1 rings (SSSR count). The highest BCUT2D eigenvalue weighted by Gasteiger charge is 2.26. The minimum Gasteiger partial charge on any atom is -0.492 e. The van der Waals surface area contributed by atoms with Gasteiger partial charge in [-0.1, -0.05) is 41.5 Å². The minimum absolute atomic E-state index is 0.0380. The molecule has 1 heterocycles. The summed E-state index contributed by atoms with van der Waals surface area (Å²) in [7, 11) is 0. The van der Waals surface area contributed by atoms with Crippen LogP contribution in [-0.2, 0) is 15.6 Å². The summed E-state index contributed by atoms with van der Waals surface area (Å²) < 4.78 is 5.84. The van der Waals surface area contributed by atoms with E-state index in [1.807, 2.05) is 0 Å². The van der Waals surface area contributed by atoms with Crippen LogP contribution in [0.5, 0.6) is 5.75 Å². The van der Waals surface area contributed by atoms with Gasteiger partial charge < -0.3 is 9.84 Å². The number of hydrogen-bond donors (Lipinski definition) is 1. The van der Waals surface area contributed by atoms with Crippen LogP contribution in [0.4, 0.5) is 0 Å². The Hall–Kier alpha value is -1.03. The summed E-state index contributed by atoms with van der Waals surface area (Å²) in [6.45, 7) is 13.6. The van der Waals surface area contributed by atoms with Crippen LogP contribution in [0.25, 0.3) is 0 Å². The summed E-state index contributed by atoms with van der Waals surface area (Å²) >= 11 is 1.80. The smallest absolute Gasteiger partial charge is 0.303 e. The Labute approximate surface area is 126 Å². The number of hydrogen-bond acceptors (Lipinski definition) is 3. The molecule has 1 aromatic heterocycles. The van der Waals surface area contributed by atoms with Crippen molar-refractivity contribution in [3.63, 3.8) is 0 Å². The predicted molar refractivity (Wildman–Crippen MR) is 84.1 cm³/mol. The van der Waals surface area contributed by atoms with E-state index in [4.69, 9.17) is 9.84 Å². The fourth-order valence-corrected chi connectivity index (χ4v) is 3.00. The van der Waals surface area contributed by atoms with Crippen LogP contribution < -0.4 is 4.74 Å². The summed E-state index contributed by atoms with van der Waals surface area (Å²) in [5.41, 5.74) is 0.142. The second kappa shape index (κ2) is 6.17. The molecule has 114 valence electrons. The van der Waals surface area contributed by atoms with Crippen molar-refractivity contribution in [1.82, 2.24) is 0 Å². The van der Waals surface area contributed by atoms with Crippen molar-refractivity contribution in [3.05, 3.63) is 15.8 Å². The van der Waals surface area contributed by atoms with Gasteiger partial charge in [-0.3, -0.25) is 4.79 Å². The highest BCUT2D eigenvalue weighted by atomic mass is 32.1. The van der Waals surface area contributed by atoms with E-state index >= 15 is 0 Å². The van der Waals surface area contributed by atoms with E-state index in [0.717, 1.165) is 5.75 Å². The van der Waals surface area contributed by atoms with Crippen LogP contribution in [0.15, 0.2) is 6.07 Å². The molecule has 0 bridgehead atoms. The Morgan fingerprint density at radius 1 is 1.20 bits per heavy atom. The van der Waals surface area contributed by atoms with Gasteiger partial charge in [-0.2, -0.15) is 0 Å². The van der Waals surface area contributed by atoms with Crippen molar-refractivity contribution in [1.29, 1.82) is 0 Å². The standard InChI is InChI=1S/C16H26O3S/c1-15(2,3)12-10-11(14(20-12)16(4,5)6)19-9-7-8-13(17)18/h10H,7-9H2,1-6H3,(H,17,18). The minimum atomic E-state index is -0.773. The number of rotatable bonds is 5. The maximum atomic E-state index is 10.5. The third kappa shape index (κ3) is 4.82. The Bertz CT molecular complexity index is 461. The van der Waals surface area contributed by atoms with Gasteiger partial charge in [0.2, 0.25) is 0 Å². The molecule has 0 aliphatic rings. The van der Waals surface area contributed by atoms with Crippen molar-refractivity contribution >= 4 is 17.3 Å². The molecule has 4 heteroatoms. The third-order valence-electron chi connectivity index (χ3n) is 2.91. The summed E-state index contributed by atoms with van der Waals surface area (Å²) in [6.07, 6.45) is 0.695. The average molecular weight is 298 g/mol. The zero-order chi connectivity index (χ0) is 15.6. The molecule has 0 fully saturated rings. The van der Waals surface area contributed by atoms with Gasteiger partial charge >= 0.3 is 5.97 Å². The fourth-order valence-electron chi connectivity index (χ4n) is 1.78. The number of carboxylic acids is 1. The van der Waals surface area contributed by atoms with Gasteiger partial charge in [0.25, 0.3) is 0 Å². The van der Waals surface area contributed by atoms with Crippen LogP contribution in [-0.4, -0.2) is 17.7 Å². The third-order valence-corrected chi connectivity index (χ3v) is 4.88. The molecule has 0 amide bonds. The number of carbonyl (C=O) groups is 1. The first-order valence-corrected chi connectivity index (χ1v) is 7.83. The van der Waals surface area contributed by atoms with E-state index in [9.17, 15) is 4.79 Å². The van der Waals surface area contributed by atoms with Gasteiger partial charge in [0.1, 0.15) is 5.75 Å². The predicted octanol–water partition coefficient (Wildman–Crippen LogP) is 4.59. The second-order valence-electron chi connectivity index (χ2n) is 7.15. The molecule has 0 atom stereocenters. The molecule has 1 N–H and O–H groups in total. The molecule has 0 radical (unpaired) electrons. The maximum absolute atomic E-state index is 10.5. The van der Waals surface area contributed by atoms with E-state index < -0.39 is 5.97 Å². The topological polar surface area (TPSA) is 46.5 Å². The Kier molecular flexibility index (Phi) is 5.25. The zero-order valence-corrected chi connectivity index (χ0v) is 14.2. The molecular formula is C16H26O3S. The highest BCUT2D eigenvalue weighted by molar-refractivity contribution is 7.12. The number of thiophene rings is 1. The Morgan fingerprint density at radius 2 is 1.80 bits per heavy atom. The Balaban J connectivity index is 2.87. The van der Waals surface area contributed by atoms with Crippen molar-refractivity contribution in [3.8, 4) is 5.75 Å². The van der Waals surface area contributed by atoms with E-state index in [2.05, 4.69) is 47.6 Å². The van der Waals surface area contributed by atoms with Crippen LogP contribution in [0.2, 0.25) is 0 Å². The molecule has 20 heavy (non-hydrogen) atoms. The molecule has 0 spiro atoms. The summed E-state index contributed by atoms with van der Waals surface area (Å²) in [5, 5.41) is 8.65. The van der Waals surface area contributed by atoms with Gasteiger partial charge in [0.05, 0.1) is 11.5 Å². The normalized spacial score (nSPS) is 12.5. The first-order chi connectivity index (χ1) is 9.01. The van der Waals surface area contributed by atoms with Crippen molar-refractivity contribution in [2.45, 2.75) is 65.2 Å². The summed E-state index contributed by atoms with van der Waals surface area (Å²) in [6, 6.07) is 2.12. The Morgan fingerprint density at radius 3 is 2.25 bits per heavy atom. The lowest BCUT2D eigenvalue weighted by Crippen LogP contribution is -2.11. The highest BCUT2D eigenvalue weighted by Crippen LogP contribution is 2.42. The van der Waals surface area contributed by atoms with Gasteiger partial charge in [-0.25, -0.2) is 0 Å². The van der Waals surface area contributed by atoms with Gasteiger partial charge in [0, 0.05) is 11.3 Å². The lowest BCUT2D eigenvalue weighted by Gasteiger charge is -2.19. The molecular weight excluding hydrogens is 272 g/mol. The van der Waals surface area contributed by atoms with Crippen LogP contribution in [0.1, 0.15) is 64.1 Å². The molecule has 0 unspecified atom stereocenters. The van der Waals surface area contributed by atoms with Crippen LogP contribution in [0.3, 0.4) is 0 Å². The van der Waals surface area contributed by atoms with Crippen molar-refractivity contribution < 1.29 is 14.6 Å². The van der Waals surface area contributed by atoms with E-state index in [-0.39, 0.29) is 17.3 Å². The van der Waals surface area contributed by atoms with Crippen LogP contribution in [0, 0.1) is 0 Å². The second-order valence-corrected chi connectivity index (χ2v) is 8.20. The van der Waals surface area contributed by atoms with E-state index in [1.165, 1.54) is 9.75 Å². The average Bonchev–Trinajstić information content (AvgIpc) is 2.67. The van der Waals surface area contributed by atoms with Crippen molar-refractivity contribution in [2.24, 2.45) is 0 Å². The lowest BCUT2D eigenvalue weighted by atomic mass is 9.92. The fraction of sp³-hybridized carbons (Fsp3) is 0.688. The summed E-state index contributed by atoms with van der Waals surface area (Å²) in [4.78, 5) is 13.1. The lowest BCUT2D eigenvalue weighted by molar-refractivity contribution is -0.137. The van der Waals surface area contributed by atoms with Crippen molar-refractivity contribution in [2.75, 3.05) is 6.61 Å².